The Bertz CT molecular complexity index is 263. The van der Waals surface area contributed by atoms with Crippen molar-refractivity contribution < 1.29 is 9.53 Å². The Morgan fingerprint density at radius 1 is 1.22 bits per heavy atom. The summed E-state index contributed by atoms with van der Waals surface area (Å²) >= 11 is 1.68. The van der Waals surface area contributed by atoms with Crippen molar-refractivity contribution in [1.82, 2.24) is 0 Å². The molecule has 4 heteroatoms. The van der Waals surface area contributed by atoms with Gasteiger partial charge in [-0.2, -0.15) is 0 Å². The summed E-state index contributed by atoms with van der Waals surface area (Å²) in [7, 11) is 0. The number of carbonyl (C=O) groups is 1. The number of rotatable bonds is 3. The third-order valence-corrected chi connectivity index (χ3v) is 4.50. The lowest BCUT2D eigenvalue weighted by Crippen LogP contribution is -2.34. The zero-order valence-corrected chi connectivity index (χ0v) is 12.7. The van der Waals surface area contributed by atoms with Crippen molar-refractivity contribution in [2.45, 2.75) is 76.2 Å². The normalized spacial score (nSPS) is 26.2. The summed E-state index contributed by atoms with van der Waals surface area (Å²) in [5.41, 5.74) is 5.80. The molecule has 1 aliphatic carbocycles. The van der Waals surface area contributed by atoms with E-state index in [0.717, 1.165) is 12.8 Å². The molecule has 1 saturated carbocycles. The van der Waals surface area contributed by atoms with Crippen LogP contribution in [0.2, 0.25) is 0 Å². The second-order valence-electron chi connectivity index (χ2n) is 6.09. The van der Waals surface area contributed by atoms with Crippen molar-refractivity contribution >= 4 is 17.7 Å². The molecule has 106 valence electrons. The Morgan fingerprint density at radius 3 is 2.44 bits per heavy atom. The summed E-state index contributed by atoms with van der Waals surface area (Å²) in [6.07, 6.45) is 7.29. The Labute approximate surface area is 115 Å². The first kappa shape index (κ1) is 15.8. The van der Waals surface area contributed by atoms with E-state index in [4.69, 9.17) is 10.5 Å². The van der Waals surface area contributed by atoms with E-state index in [0.29, 0.717) is 11.0 Å². The molecule has 0 aliphatic heterocycles. The van der Waals surface area contributed by atoms with Gasteiger partial charge in [0.05, 0.1) is 5.75 Å². The molecular formula is C14H27NO2S. The van der Waals surface area contributed by atoms with Crippen molar-refractivity contribution in [3.8, 4) is 0 Å². The number of thioether (sulfide) groups is 1. The summed E-state index contributed by atoms with van der Waals surface area (Å²) in [6, 6.07) is 0.234. The number of ether oxygens (including phenoxy) is 1. The number of hydrogen-bond donors (Lipinski definition) is 1. The molecule has 1 aliphatic rings. The highest BCUT2D eigenvalue weighted by molar-refractivity contribution is 8.00. The minimum atomic E-state index is -0.388. The molecular weight excluding hydrogens is 246 g/mol. The molecule has 1 rings (SSSR count). The third kappa shape index (κ3) is 6.64. The first-order valence-corrected chi connectivity index (χ1v) is 8.02. The van der Waals surface area contributed by atoms with E-state index >= 15 is 0 Å². The minimum Gasteiger partial charge on any atom is -0.459 e. The van der Waals surface area contributed by atoms with Crippen LogP contribution in [-0.2, 0) is 9.53 Å². The van der Waals surface area contributed by atoms with Crippen molar-refractivity contribution in [2.24, 2.45) is 5.73 Å². The highest BCUT2D eigenvalue weighted by atomic mass is 32.2. The molecule has 0 saturated heterocycles. The van der Waals surface area contributed by atoms with Crippen LogP contribution < -0.4 is 5.73 Å². The number of carbonyl (C=O) groups excluding carboxylic acids is 1. The van der Waals surface area contributed by atoms with E-state index < -0.39 is 0 Å². The minimum absolute atomic E-state index is 0.123. The van der Waals surface area contributed by atoms with E-state index in [-0.39, 0.29) is 17.6 Å². The van der Waals surface area contributed by atoms with Gasteiger partial charge in [-0.15, -0.1) is 11.8 Å². The SMILES string of the molecule is CC(C)(C)OC(=O)CSC1CCCCCCC1N. The van der Waals surface area contributed by atoms with Crippen LogP contribution in [0.3, 0.4) is 0 Å². The van der Waals surface area contributed by atoms with Crippen LogP contribution in [0.4, 0.5) is 0 Å². The zero-order valence-electron chi connectivity index (χ0n) is 11.9. The van der Waals surface area contributed by atoms with Crippen LogP contribution >= 0.6 is 11.8 Å². The molecule has 1 fully saturated rings. The lowest BCUT2D eigenvalue weighted by atomic mass is 9.97. The van der Waals surface area contributed by atoms with Crippen molar-refractivity contribution in [1.29, 1.82) is 0 Å². The highest BCUT2D eigenvalue weighted by Gasteiger charge is 2.22. The molecule has 0 aromatic carbocycles. The Balaban J connectivity index is 2.33. The molecule has 0 radical (unpaired) electrons. The molecule has 0 amide bonds. The largest absolute Gasteiger partial charge is 0.459 e. The quantitative estimate of drug-likeness (QED) is 0.803. The summed E-state index contributed by atoms with van der Waals surface area (Å²) in [6.45, 7) is 5.70. The maximum atomic E-state index is 11.7. The van der Waals surface area contributed by atoms with E-state index in [9.17, 15) is 4.79 Å². The Kier molecular flexibility index (Phi) is 6.50. The fourth-order valence-electron chi connectivity index (χ4n) is 2.23. The van der Waals surface area contributed by atoms with Gasteiger partial charge in [0, 0.05) is 11.3 Å². The van der Waals surface area contributed by atoms with E-state index in [1.54, 1.807) is 11.8 Å². The molecule has 0 heterocycles. The smallest absolute Gasteiger partial charge is 0.316 e. The maximum absolute atomic E-state index is 11.7. The predicted octanol–water partition coefficient (Wildman–Crippen LogP) is 3.11. The van der Waals surface area contributed by atoms with E-state index in [1.165, 1.54) is 25.7 Å². The second-order valence-corrected chi connectivity index (χ2v) is 7.32. The highest BCUT2D eigenvalue weighted by Crippen LogP contribution is 2.26. The average Bonchev–Trinajstić information content (AvgIpc) is 2.20. The molecule has 2 N–H and O–H groups in total. The van der Waals surface area contributed by atoms with Gasteiger partial charge >= 0.3 is 5.97 Å². The Hall–Kier alpha value is -0.220. The van der Waals surface area contributed by atoms with Gasteiger partial charge in [0.25, 0.3) is 0 Å². The molecule has 0 spiro atoms. The molecule has 0 aromatic rings. The van der Waals surface area contributed by atoms with Gasteiger partial charge in [-0.05, 0) is 33.6 Å². The van der Waals surface area contributed by atoms with Crippen LogP contribution in [0, 0.1) is 0 Å². The molecule has 18 heavy (non-hydrogen) atoms. The van der Waals surface area contributed by atoms with Gasteiger partial charge in [-0.3, -0.25) is 4.79 Å². The van der Waals surface area contributed by atoms with Crippen LogP contribution in [0.1, 0.15) is 59.3 Å². The van der Waals surface area contributed by atoms with Gasteiger partial charge in [0.2, 0.25) is 0 Å². The number of nitrogens with two attached hydrogens (primary N) is 1. The molecule has 2 unspecified atom stereocenters. The lowest BCUT2D eigenvalue weighted by molar-refractivity contribution is -0.151. The fourth-order valence-corrected chi connectivity index (χ4v) is 3.36. The van der Waals surface area contributed by atoms with Crippen LogP contribution in [0.25, 0.3) is 0 Å². The molecule has 0 aromatic heterocycles. The van der Waals surface area contributed by atoms with Crippen molar-refractivity contribution in [2.75, 3.05) is 5.75 Å². The van der Waals surface area contributed by atoms with Crippen LogP contribution in [-0.4, -0.2) is 28.6 Å². The fraction of sp³-hybridized carbons (Fsp3) is 0.929. The summed E-state index contributed by atoms with van der Waals surface area (Å²) < 4.78 is 5.32. The summed E-state index contributed by atoms with van der Waals surface area (Å²) in [4.78, 5) is 11.7. The van der Waals surface area contributed by atoms with Crippen molar-refractivity contribution in [3.05, 3.63) is 0 Å². The van der Waals surface area contributed by atoms with Crippen molar-refractivity contribution in [3.63, 3.8) is 0 Å². The second kappa shape index (κ2) is 7.39. The van der Waals surface area contributed by atoms with E-state index in [2.05, 4.69) is 0 Å². The summed E-state index contributed by atoms with van der Waals surface area (Å²) in [5.74, 6) is 0.303. The first-order chi connectivity index (χ1) is 8.38. The number of hydrogen-bond acceptors (Lipinski definition) is 4. The monoisotopic (exact) mass is 273 g/mol. The molecule has 2 atom stereocenters. The molecule has 3 nitrogen and oxygen atoms in total. The van der Waals surface area contributed by atoms with Gasteiger partial charge < -0.3 is 10.5 Å². The van der Waals surface area contributed by atoms with Crippen LogP contribution in [0.5, 0.6) is 0 Å². The van der Waals surface area contributed by atoms with Gasteiger partial charge in [-0.25, -0.2) is 0 Å². The van der Waals surface area contributed by atoms with Crippen LogP contribution in [0.15, 0.2) is 0 Å². The van der Waals surface area contributed by atoms with Gasteiger partial charge in [0.1, 0.15) is 5.60 Å². The first-order valence-electron chi connectivity index (χ1n) is 6.97. The number of esters is 1. The third-order valence-electron chi connectivity index (χ3n) is 3.09. The predicted molar refractivity (Wildman–Crippen MR) is 77.8 cm³/mol. The average molecular weight is 273 g/mol. The van der Waals surface area contributed by atoms with E-state index in [1.807, 2.05) is 20.8 Å². The maximum Gasteiger partial charge on any atom is 0.316 e. The molecule has 0 bridgehead atoms. The lowest BCUT2D eigenvalue weighted by Gasteiger charge is -2.26. The Morgan fingerprint density at radius 2 is 1.83 bits per heavy atom. The summed E-state index contributed by atoms with van der Waals surface area (Å²) in [5, 5.41) is 0.415. The van der Waals surface area contributed by atoms with Gasteiger partial charge in [-0.1, -0.05) is 25.7 Å². The topological polar surface area (TPSA) is 52.3 Å². The zero-order chi connectivity index (χ0) is 13.6. The standard InChI is InChI=1S/C14H27NO2S/c1-14(2,3)17-13(16)10-18-12-9-7-5-4-6-8-11(12)15/h11-12H,4-10,15H2,1-3H3. The van der Waals surface area contributed by atoms with Gasteiger partial charge in [0.15, 0.2) is 0 Å².